The number of aliphatic carboxylic acids is 1. The van der Waals surface area contributed by atoms with Gasteiger partial charge in [-0.2, -0.15) is 13.2 Å². The number of rotatable bonds is 7. The maximum Gasteiger partial charge on any atom is 0.431 e. The van der Waals surface area contributed by atoms with E-state index in [2.05, 4.69) is 6.58 Å². The van der Waals surface area contributed by atoms with Crippen LogP contribution in [0.4, 0.5) is 17.6 Å². The number of hydrogen-bond donors (Lipinski definition) is 1. The van der Waals surface area contributed by atoms with Gasteiger partial charge in [0.15, 0.2) is 0 Å². The number of carboxylic acid groups (broad SMARTS) is 1. The van der Waals surface area contributed by atoms with Crippen LogP contribution in [0.25, 0.3) is 0 Å². The Labute approximate surface area is 161 Å². The van der Waals surface area contributed by atoms with E-state index in [0.717, 1.165) is 13.1 Å². The second-order valence-electron chi connectivity index (χ2n) is 5.42. The molecule has 0 saturated carbocycles. The molecule has 1 aromatic carbocycles. The van der Waals surface area contributed by atoms with Gasteiger partial charge in [-0.3, -0.25) is 9.59 Å². The quantitative estimate of drug-likeness (QED) is 0.314. The van der Waals surface area contributed by atoms with Crippen molar-refractivity contribution in [1.82, 2.24) is 4.90 Å². The van der Waals surface area contributed by atoms with Gasteiger partial charge in [0, 0.05) is 18.7 Å². The molecule has 11 heteroatoms. The number of amides is 1. The summed E-state index contributed by atoms with van der Waals surface area (Å²) in [5.41, 5.74) is -1.99. The van der Waals surface area contributed by atoms with Gasteiger partial charge in [-0.1, -0.05) is 11.6 Å². The van der Waals surface area contributed by atoms with Crippen LogP contribution in [0.5, 0.6) is 5.75 Å². The summed E-state index contributed by atoms with van der Waals surface area (Å²) in [5, 5.41) is 8.49. The van der Waals surface area contributed by atoms with Crippen molar-refractivity contribution in [2.45, 2.75) is 19.5 Å². The molecule has 0 aliphatic carbocycles. The van der Waals surface area contributed by atoms with E-state index in [9.17, 15) is 31.9 Å². The molecule has 0 unspecified atom stereocenters. The number of hydrogen-bond acceptors (Lipinski definition) is 4. The van der Waals surface area contributed by atoms with Crippen molar-refractivity contribution >= 4 is 29.8 Å². The monoisotopic (exact) mass is 423 g/mol. The van der Waals surface area contributed by atoms with Crippen molar-refractivity contribution in [3.8, 4) is 5.75 Å². The van der Waals surface area contributed by atoms with Gasteiger partial charge >= 0.3 is 12.1 Å². The summed E-state index contributed by atoms with van der Waals surface area (Å²) in [5.74, 6) is -4.76. The summed E-state index contributed by atoms with van der Waals surface area (Å²) in [7, 11) is 0.776. The molecule has 6 nitrogen and oxygen atoms in total. The Kier molecular flexibility index (Phi) is 7.34. The van der Waals surface area contributed by atoms with Crippen LogP contribution in [0.15, 0.2) is 30.2 Å². The van der Waals surface area contributed by atoms with Crippen LogP contribution in [0.1, 0.15) is 11.1 Å². The molecular formula is C17H14ClF4NO5. The predicted molar refractivity (Wildman–Crippen MR) is 90.2 cm³/mol. The second-order valence-corrected chi connectivity index (χ2v) is 5.83. The molecule has 0 aliphatic heterocycles. The molecule has 0 radical (unpaired) electrons. The first-order chi connectivity index (χ1) is 12.8. The van der Waals surface area contributed by atoms with Crippen molar-refractivity contribution in [2.75, 3.05) is 7.05 Å². The highest BCUT2D eigenvalue weighted by Gasteiger charge is 2.38. The molecule has 1 N–H and O–H groups in total. The molecule has 0 aromatic heterocycles. The summed E-state index contributed by atoms with van der Waals surface area (Å²) >= 11 is 5.82. The fourth-order valence-corrected chi connectivity index (χ4v) is 2.41. The topological polar surface area (TPSA) is 83.9 Å². The van der Waals surface area contributed by atoms with Gasteiger partial charge in [0.1, 0.15) is 23.5 Å². The minimum atomic E-state index is -4.99. The summed E-state index contributed by atoms with van der Waals surface area (Å²) in [6.07, 6.45) is -5.81. The highest BCUT2D eigenvalue weighted by atomic mass is 35.5. The molecule has 0 bridgehead atoms. The second kappa shape index (κ2) is 8.87. The largest absolute Gasteiger partial charge is 0.475 e. The zero-order valence-corrected chi connectivity index (χ0v) is 15.3. The fourth-order valence-electron chi connectivity index (χ4n) is 2.13. The lowest BCUT2D eigenvalue weighted by Gasteiger charge is -2.23. The van der Waals surface area contributed by atoms with Crippen molar-refractivity contribution in [1.29, 1.82) is 0 Å². The maximum atomic E-state index is 14.3. The van der Waals surface area contributed by atoms with Gasteiger partial charge < -0.3 is 14.7 Å². The minimum absolute atomic E-state index is 0.0953. The highest BCUT2D eigenvalue weighted by Crippen LogP contribution is 2.35. The first-order valence-corrected chi connectivity index (χ1v) is 7.75. The Morgan fingerprint density at radius 2 is 1.96 bits per heavy atom. The van der Waals surface area contributed by atoms with Crippen LogP contribution in [0, 0.1) is 12.7 Å². The molecule has 1 rings (SSSR count). The first kappa shape index (κ1) is 23.2. The molecule has 0 atom stereocenters. The number of halogens is 5. The van der Waals surface area contributed by atoms with E-state index in [1.807, 2.05) is 0 Å². The smallest absolute Gasteiger partial charge is 0.431 e. The van der Waals surface area contributed by atoms with Crippen LogP contribution >= 0.6 is 11.6 Å². The number of allylic oxidation sites excluding steroid dienone is 2. The van der Waals surface area contributed by atoms with Crippen LogP contribution in [0.2, 0.25) is 5.02 Å². The summed E-state index contributed by atoms with van der Waals surface area (Å²) in [6, 6.07) is 0.730. The van der Waals surface area contributed by atoms with E-state index in [0.29, 0.717) is 0 Å². The molecular weight excluding hydrogens is 410 g/mol. The Morgan fingerprint density at radius 3 is 2.43 bits per heavy atom. The highest BCUT2D eigenvalue weighted by molar-refractivity contribution is 6.32. The van der Waals surface area contributed by atoms with Gasteiger partial charge in [-0.25, -0.2) is 9.18 Å². The van der Waals surface area contributed by atoms with Crippen molar-refractivity contribution in [3.05, 3.63) is 52.1 Å². The number of likely N-dealkylation sites (N-methyl/N-ethyl adjacent to an activating group) is 1. The Bertz CT molecular complexity index is 864. The number of ether oxygens (including phenoxy) is 1. The normalized spacial score (nSPS) is 11.8. The zero-order chi connectivity index (χ0) is 21.8. The van der Waals surface area contributed by atoms with Crippen LogP contribution in [0.3, 0.4) is 0 Å². The van der Waals surface area contributed by atoms with Gasteiger partial charge in [0.2, 0.25) is 11.7 Å². The van der Waals surface area contributed by atoms with Gasteiger partial charge in [-0.15, -0.1) is 0 Å². The van der Waals surface area contributed by atoms with Gasteiger partial charge in [0.25, 0.3) is 0 Å². The Morgan fingerprint density at radius 1 is 1.39 bits per heavy atom. The number of carboxylic acids is 1. The van der Waals surface area contributed by atoms with Crippen molar-refractivity contribution in [3.63, 3.8) is 0 Å². The number of carbonyl (C=O) groups is 3. The van der Waals surface area contributed by atoms with Crippen molar-refractivity contribution < 1.29 is 41.8 Å². The predicted octanol–water partition coefficient (Wildman–Crippen LogP) is 3.41. The average molecular weight is 424 g/mol. The van der Waals surface area contributed by atoms with Gasteiger partial charge in [0.05, 0.1) is 11.4 Å². The maximum absolute atomic E-state index is 14.3. The molecule has 0 aliphatic rings. The summed E-state index contributed by atoms with van der Waals surface area (Å²) in [6.45, 7) is 4.37. The minimum Gasteiger partial charge on any atom is -0.475 e. The number of nitrogens with zero attached hydrogens (tertiary/aromatic N) is 1. The Balaban J connectivity index is 3.29. The number of carbonyl (C=O) groups excluding carboxylic acids is 2. The number of aldehydes is 1. The fraction of sp³-hybridized carbons (Fsp3) is 0.235. The average Bonchev–Trinajstić information content (AvgIpc) is 2.57. The lowest BCUT2D eigenvalue weighted by Crippen LogP contribution is -2.35. The number of alkyl halides is 3. The van der Waals surface area contributed by atoms with E-state index < -0.39 is 41.7 Å². The summed E-state index contributed by atoms with van der Waals surface area (Å²) in [4.78, 5) is 33.7. The number of benzene rings is 1. The van der Waals surface area contributed by atoms with Gasteiger partial charge in [-0.05, 0) is 25.1 Å². The van der Waals surface area contributed by atoms with E-state index in [4.69, 9.17) is 21.4 Å². The molecule has 1 amide bonds. The molecule has 28 heavy (non-hydrogen) atoms. The molecule has 0 fully saturated rings. The van der Waals surface area contributed by atoms with E-state index >= 15 is 0 Å². The molecule has 0 spiro atoms. The van der Waals surface area contributed by atoms with Crippen LogP contribution in [-0.4, -0.2) is 41.4 Å². The molecule has 0 saturated heterocycles. The third-order valence-electron chi connectivity index (χ3n) is 3.60. The van der Waals surface area contributed by atoms with Crippen LogP contribution in [-0.2, 0) is 20.8 Å². The molecule has 152 valence electrons. The third-order valence-corrected chi connectivity index (χ3v) is 3.88. The van der Waals surface area contributed by atoms with E-state index in [-0.39, 0.29) is 39.2 Å². The van der Waals surface area contributed by atoms with E-state index in [1.165, 1.54) is 6.92 Å². The molecule has 1 aromatic rings. The standard InChI is InChI=1S/C17H14ClF4NO5/c1-8-10(6-14(25)23(3)13(4-5-24)17(20,21)22)12(19)7-11(18)15(8)28-9(2)16(26)27/h4-5,7H,2,6H2,1,3H3,(H,26,27)/b13-4-. The van der Waals surface area contributed by atoms with Crippen molar-refractivity contribution in [2.24, 2.45) is 0 Å². The Hall–Kier alpha value is -2.88. The lowest BCUT2D eigenvalue weighted by molar-refractivity contribution is -0.139. The zero-order valence-electron chi connectivity index (χ0n) is 14.6. The summed E-state index contributed by atoms with van der Waals surface area (Å²) < 4.78 is 58.1. The van der Waals surface area contributed by atoms with Crippen LogP contribution < -0.4 is 4.74 Å². The first-order valence-electron chi connectivity index (χ1n) is 7.38. The third kappa shape index (κ3) is 5.32. The van der Waals surface area contributed by atoms with E-state index in [1.54, 1.807) is 0 Å². The SMILES string of the molecule is C=C(Oc1c(Cl)cc(F)c(CC(=O)N(C)/C(=C\C=O)C(F)(F)F)c1C)C(=O)O. The molecule has 0 heterocycles. The lowest BCUT2D eigenvalue weighted by atomic mass is 10.0.